The van der Waals surface area contributed by atoms with Gasteiger partial charge in [-0.25, -0.2) is 4.79 Å². The van der Waals surface area contributed by atoms with Gasteiger partial charge in [-0.1, -0.05) is 0 Å². The molecule has 0 aromatic rings. The van der Waals surface area contributed by atoms with Crippen LogP contribution in [-0.4, -0.2) is 79.0 Å². The van der Waals surface area contributed by atoms with Crippen molar-refractivity contribution in [1.29, 1.82) is 0 Å². The summed E-state index contributed by atoms with van der Waals surface area (Å²) in [5.74, 6) is -0.621. The number of carbonyl (C=O) groups excluding carboxylic acids is 3. The molecule has 2 aliphatic heterocycles. The molecule has 8 nitrogen and oxygen atoms in total. The molecule has 0 saturated carbocycles. The smallest absolute Gasteiger partial charge is 0.325 e. The molecule has 0 radical (unpaired) electrons. The average molecular weight is 334 g/mol. The quantitative estimate of drug-likeness (QED) is 0.547. The van der Waals surface area contributed by atoms with Gasteiger partial charge in [0.05, 0.1) is 0 Å². The van der Waals surface area contributed by atoms with Crippen LogP contribution in [0.4, 0.5) is 4.79 Å². The van der Waals surface area contributed by atoms with Crippen molar-refractivity contribution >= 4 is 30.3 Å². The number of hydrogen-bond donors (Lipinski definition) is 3. The highest BCUT2D eigenvalue weighted by atomic mass is 35.5. The molecule has 0 atom stereocenters. The summed E-state index contributed by atoms with van der Waals surface area (Å²) in [4.78, 5) is 38.7. The minimum absolute atomic E-state index is 0. The molecule has 0 aliphatic carbocycles. The largest absolute Gasteiger partial charge is 0.353 e. The summed E-state index contributed by atoms with van der Waals surface area (Å²) in [5, 5.41) is 8.29. The van der Waals surface area contributed by atoms with Crippen LogP contribution in [0.5, 0.6) is 0 Å². The first-order valence-corrected chi connectivity index (χ1v) is 7.24. The monoisotopic (exact) mass is 333 g/mol. The Balaban J connectivity index is 0.00000242. The third-order valence-corrected chi connectivity index (χ3v) is 3.96. The molecule has 3 N–H and O–H groups in total. The van der Waals surface area contributed by atoms with Crippen molar-refractivity contribution in [2.24, 2.45) is 0 Å². The standard InChI is InChI=1S/C13H23N5O3.ClH/c1-13(2)11(20)16-12(21)18(13)9-10(19)15-5-8-17-6-3-14-4-7-17;/h14H,3-9H2,1-2H3,(H,15,19)(H,16,20,21);1H. The lowest BCUT2D eigenvalue weighted by atomic mass is 10.0. The minimum Gasteiger partial charge on any atom is -0.353 e. The summed E-state index contributed by atoms with van der Waals surface area (Å²) in [7, 11) is 0. The zero-order valence-electron chi connectivity index (χ0n) is 13.0. The van der Waals surface area contributed by atoms with Gasteiger partial charge in [0.25, 0.3) is 5.91 Å². The summed E-state index contributed by atoms with van der Waals surface area (Å²) in [6.45, 7) is 8.38. The van der Waals surface area contributed by atoms with E-state index in [0.29, 0.717) is 6.54 Å². The normalized spacial score (nSPS) is 21.3. The van der Waals surface area contributed by atoms with E-state index >= 15 is 0 Å². The number of amides is 4. The first-order chi connectivity index (χ1) is 9.91. The van der Waals surface area contributed by atoms with Crippen molar-refractivity contribution in [3.63, 3.8) is 0 Å². The van der Waals surface area contributed by atoms with E-state index in [1.54, 1.807) is 13.8 Å². The number of piperazine rings is 1. The van der Waals surface area contributed by atoms with Gasteiger partial charge in [-0.3, -0.25) is 19.8 Å². The van der Waals surface area contributed by atoms with Crippen molar-refractivity contribution in [3.05, 3.63) is 0 Å². The number of nitrogens with one attached hydrogen (secondary N) is 3. The van der Waals surface area contributed by atoms with Gasteiger partial charge in [0.2, 0.25) is 5.91 Å². The Hall–Kier alpha value is -1.38. The van der Waals surface area contributed by atoms with Gasteiger partial charge in [0, 0.05) is 39.3 Å². The van der Waals surface area contributed by atoms with Crippen LogP contribution in [0.3, 0.4) is 0 Å². The topological polar surface area (TPSA) is 93.8 Å². The van der Waals surface area contributed by atoms with Crippen LogP contribution in [0.1, 0.15) is 13.8 Å². The van der Waals surface area contributed by atoms with E-state index in [1.807, 2.05) is 0 Å². The van der Waals surface area contributed by atoms with Crippen molar-refractivity contribution in [1.82, 2.24) is 25.8 Å². The number of hydrogen-bond acceptors (Lipinski definition) is 5. The Morgan fingerprint density at radius 2 is 1.91 bits per heavy atom. The van der Waals surface area contributed by atoms with Crippen LogP contribution in [-0.2, 0) is 9.59 Å². The Kier molecular flexibility index (Phi) is 6.58. The average Bonchev–Trinajstić information content (AvgIpc) is 2.63. The van der Waals surface area contributed by atoms with E-state index in [9.17, 15) is 14.4 Å². The fraction of sp³-hybridized carbons (Fsp3) is 0.769. The number of rotatable bonds is 5. The number of nitrogens with zero attached hydrogens (tertiary/aromatic N) is 2. The second-order valence-corrected chi connectivity index (χ2v) is 5.85. The second kappa shape index (κ2) is 7.75. The molecular weight excluding hydrogens is 310 g/mol. The third-order valence-electron chi connectivity index (χ3n) is 3.96. The third kappa shape index (κ3) is 4.31. The number of halogens is 1. The van der Waals surface area contributed by atoms with Crippen LogP contribution in [0.2, 0.25) is 0 Å². The molecule has 9 heteroatoms. The molecule has 2 rings (SSSR count). The van der Waals surface area contributed by atoms with E-state index in [1.165, 1.54) is 4.90 Å². The fourth-order valence-electron chi connectivity index (χ4n) is 2.45. The number of carbonyl (C=O) groups is 3. The first-order valence-electron chi connectivity index (χ1n) is 7.24. The molecule has 2 fully saturated rings. The predicted molar refractivity (Wildman–Crippen MR) is 83.9 cm³/mol. The van der Waals surface area contributed by atoms with Crippen molar-refractivity contribution in [3.8, 4) is 0 Å². The summed E-state index contributed by atoms with van der Waals surface area (Å²) < 4.78 is 0. The summed E-state index contributed by atoms with van der Waals surface area (Å²) in [6.07, 6.45) is 0. The molecular formula is C13H24ClN5O3. The highest BCUT2D eigenvalue weighted by Gasteiger charge is 2.46. The number of imide groups is 1. The molecule has 0 aromatic heterocycles. The Morgan fingerprint density at radius 3 is 2.45 bits per heavy atom. The second-order valence-electron chi connectivity index (χ2n) is 5.85. The molecule has 0 bridgehead atoms. The molecule has 0 spiro atoms. The molecule has 4 amide bonds. The SMILES string of the molecule is CC1(C)C(=O)NC(=O)N1CC(=O)NCCN1CCNCC1.Cl. The molecule has 2 heterocycles. The van der Waals surface area contributed by atoms with Gasteiger partial charge in [0.15, 0.2) is 0 Å². The van der Waals surface area contributed by atoms with Crippen LogP contribution >= 0.6 is 12.4 Å². The van der Waals surface area contributed by atoms with Crippen molar-refractivity contribution < 1.29 is 14.4 Å². The van der Waals surface area contributed by atoms with E-state index in [2.05, 4.69) is 20.9 Å². The maximum atomic E-state index is 11.9. The lowest BCUT2D eigenvalue weighted by Crippen LogP contribution is -2.50. The summed E-state index contributed by atoms with van der Waals surface area (Å²) >= 11 is 0. The predicted octanol–water partition coefficient (Wildman–Crippen LogP) is -1.24. The molecule has 0 unspecified atom stereocenters. The molecule has 126 valence electrons. The highest BCUT2D eigenvalue weighted by Crippen LogP contribution is 2.19. The van der Waals surface area contributed by atoms with Gasteiger partial charge < -0.3 is 15.5 Å². The van der Waals surface area contributed by atoms with E-state index in [-0.39, 0.29) is 30.8 Å². The van der Waals surface area contributed by atoms with Gasteiger partial charge in [-0.2, -0.15) is 0 Å². The maximum Gasteiger partial charge on any atom is 0.325 e. The number of urea groups is 1. The van der Waals surface area contributed by atoms with Crippen LogP contribution in [0, 0.1) is 0 Å². The Morgan fingerprint density at radius 1 is 1.27 bits per heavy atom. The minimum atomic E-state index is -0.979. The Bertz CT molecular complexity index is 437. The van der Waals surface area contributed by atoms with Gasteiger partial charge in [-0.05, 0) is 13.8 Å². The van der Waals surface area contributed by atoms with Crippen molar-refractivity contribution in [2.75, 3.05) is 45.8 Å². The lowest BCUT2D eigenvalue weighted by molar-refractivity contribution is -0.127. The Labute approximate surface area is 136 Å². The molecule has 2 saturated heterocycles. The van der Waals surface area contributed by atoms with Gasteiger partial charge in [0.1, 0.15) is 12.1 Å². The maximum absolute atomic E-state index is 11.9. The molecule has 22 heavy (non-hydrogen) atoms. The molecule has 2 aliphatic rings. The summed E-state index contributed by atoms with van der Waals surface area (Å²) in [5.41, 5.74) is -0.979. The summed E-state index contributed by atoms with van der Waals surface area (Å²) in [6, 6.07) is -0.512. The first kappa shape index (κ1) is 18.7. The lowest BCUT2D eigenvalue weighted by Gasteiger charge is -2.28. The zero-order valence-corrected chi connectivity index (χ0v) is 13.8. The van der Waals surface area contributed by atoms with Crippen molar-refractivity contribution in [2.45, 2.75) is 19.4 Å². The van der Waals surface area contributed by atoms with Crippen LogP contribution < -0.4 is 16.0 Å². The van der Waals surface area contributed by atoms with Crippen LogP contribution in [0.15, 0.2) is 0 Å². The van der Waals surface area contributed by atoms with E-state index < -0.39 is 11.6 Å². The fourth-order valence-corrected chi connectivity index (χ4v) is 2.45. The zero-order chi connectivity index (χ0) is 15.5. The van der Waals surface area contributed by atoms with E-state index in [4.69, 9.17) is 0 Å². The molecule has 0 aromatic carbocycles. The van der Waals surface area contributed by atoms with Gasteiger partial charge in [-0.15, -0.1) is 12.4 Å². The van der Waals surface area contributed by atoms with Gasteiger partial charge >= 0.3 is 6.03 Å². The van der Waals surface area contributed by atoms with Crippen LogP contribution in [0.25, 0.3) is 0 Å². The van der Waals surface area contributed by atoms with E-state index in [0.717, 1.165) is 32.7 Å². The highest BCUT2D eigenvalue weighted by molar-refractivity contribution is 6.07.